The fourth-order valence-electron chi connectivity index (χ4n) is 3.56. The molecular weight excluding hydrogens is 452 g/mol. The van der Waals surface area contributed by atoms with Crippen molar-refractivity contribution in [2.45, 2.75) is 19.0 Å². The number of pyridine rings is 1. The number of aryl methyl sites for hydroxylation is 2. The number of anilines is 1. The first-order valence-electron chi connectivity index (χ1n) is 10.3. The second-order valence-electron chi connectivity index (χ2n) is 7.50. The fraction of sp³-hybridized carbons (Fsp3) is 0.125. The van der Waals surface area contributed by atoms with Crippen molar-refractivity contribution >= 4 is 44.4 Å². The minimum absolute atomic E-state index is 0.140. The molecule has 1 amide bonds. The minimum atomic E-state index is -0.140. The van der Waals surface area contributed by atoms with E-state index in [1.807, 2.05) is 54.0 Å². The van der Waals surface area contributed by atoms with Crippen LogP contribution in [0.15, 0.2) is 72.1 Å². The molecule has 1 N–H and O–H groups in total. The van der Waals surface area contributed by atoms with E-state index in [0.717, 1.165) is 27.0 Å². The Morgan fingerprint density at radius 3 is 2.73 bits per heavy atom. The number of benzene rings is 2. The van der Waals surface area contributed by atoms with Gasteiger partial charge in [-0.1, -0.05) is 47.4 Å². The van der Waals surface area contributed by atoms with E-state index in [1.54, 1.807) is 12.4 Å². The zero-order chi connectivity index (χ0) is 22.8. The highest BCUT2D eigenvalue weighted by molar-refractivity contribution is 7.99. The lowest BCUT2D eigenvalue weighted by molar-refractivity contribution is -0.113. The lowest BCUT2D eigenvalue weighted by atomic mass is 10.1. The van der Waals surface area contributed by atoms with Gasteiger partial charge in [-0.05, 0) is 55.3 Å². The maximum Gasteiger partial charge on any atom is 0.236 e. The summed E-state index contributed by atoms with van der Waals surface area (Å²) in [5.74, 6) is 0.722. The third-order valence-electron chi connectivity index (χ3n) is 4.98. The largest absolute Gasteiger partial charge is 0.301 e. The SMILES string of the molecule is Cc1cc(C)c2nc(NC(=O)CSc3nnc(-c4cccnc4)n3-c3ccccc3)sc2c1. The van der Waals surface area contributed by atoms with Gasteiger partial charge in [-0.15, -0.1) is 10.2 Å². The van der Waals surface area contributed by atoms with Gasteiger partial charge in [0.2, 0.25) is 5.91 Å². The van der Waals surface area contributed by atoms with Gasteiger partial charge in [-0.25, -0.2) is 4.98 Å². The van der Waals surface area contributed by atoms with Crippen LogP contribution in [0.4, 0.5) is 5.13 Å². The zero-order valence-electron chi connectivity index (χ0n) is 18.0. The van der Waals surface area contributed by atoms with E-state index in [0.29, 0.717) is 16.1 Å². The summed E-state index contributed by atoms with van der Waals surface area (Å²) >= 11 is 2.82. The summed E-state index contributed by atoms with van der Waals surface area (Å²) in [7, 11) is 0. The number of aromatic nitrogens is 5. The summed E-state index contributed by atoms with van der Waals surface area (Å²) in [6, 6.07) is 17.8. The maximum absolute atomic E-state index is 12.7. The Morgan fingerprint density at radius 1 is 1.09 bits per heavy atom. The highest BCUT2D eigenvalue weighted by Crippen LogP contribution is 2.30. The van der Waals surface area contributed by atoms with E-state index in [-0.39, 0.29) is 11.7 Å². The molecule has 2 aromatic carbocycles. The molecule has 164 valence electrons. The lowest BCUT2D eigenvalue weighted by Crippen LogP contribution is -2.14. The Morgan fingerprint density at radius 2 is 1.94 bits per heavy atom. The summed E-state index contributed by atoms with van der Waals surface area (Å²) in [5.41, 5.74) is 4.99. The van der Waals surface area contributed by atoms with Crippen molar-refractivity contribution in [3.63, 3.8) is 0 Å². The highest BCUT2D eigenvalue weighted by atomic mass is 32.2. The highest BCUT2D eigenvalue weighted by Gasteiger charge is 2.18. The van der Waals surface area contributed by atoms with Crippen molar-refractivity contribution in [2.75, 3.05) is 11.1 Å². The van der Waals surface area contributed by atoms with Crippen molar-refractivity contribution in [3.05, 3.63) is 78.1 Å². The number of nitrogens with one attached hydrogen (secondary N) is 1. The van der Waals surface area contributed by atoms with E-state index in [1.165, 1.54) is 28.7 Å². The molecule has 5 aromatic rings. The van der Waals surface area contributed by atoms with Crippen LogP contribution in [-0.4, -0.2) is 36.4 Å². The summed E-state index contributed by atoms with van der Waals surface area (Å²) in [4.78, 5) is 21.5. The van der Waals surface area contributed by atoms with Gasteiger partial charge in [-0.2, -0.15) is 0 Å². The number of hydrogen-bond donors (Lipinski definition) is 1. The first kappa shape index (κ1) is 21.3. The number of amides is 1. The lowest BCUT2D eigenvalue weighted by Gasteiger charge is -2.10. The quantitative estimate of drug-likeness (QED) is 0.338. The molecule has 0 aliphatic rings. The number of thioether (sulfide) groups is 1. The number of nitrogens with zero attached hydrogens (tertiary/aromatic N) is 5. The van der Waals surface area contributed by atoms with Crippen molar-refractivity contribution in [1.82, 2.24) is 24.7 Å². The molecule has 0 aliphatic heterocycles. The number of rotatable bonds is 6. The number of para-hydroxylation sites is 1. The Bertz CT molecular complexity index is 1430. The molecule has 9 heteroatoms. The molecule has 3 aromatic heterocycles. The van der Waals surface area contributed by atoms with E-state index < -0.39 is 0 Å². The number of fused-ring (bicyclic) bond motifs is 1. The summed E-state index contributed by atoms with van der Waals surface area (Å²) < 4.78 is 3.01. The molecule has 3 heterocycles. The van der Waals surface area contributed by atoms with Crippen molar-refractivity contribution in [1.29, 1.82) is 0 Å². The topological polar surface area (TPSA) is 85.6 Å². The minimum Gasteiger partial charge on any atom is -0.301 e. The normalized spacial score (nSPS) is 11.1. The van der Waals surface area contributed by atoms with Crippen LogP contribution in [0, 0.1) is 13.8 Å². The second kappa shape index (κ2) is 9.13. The molecule has 0 unspecified atom stereocenters. The third kappa shape index (κ3) is 4.50. The van der Waals surface area contributed by atoms with E-state index >= 15 is 0 Å². The fourth-order valence-corrected chi connectivity index (χ4v) is 5.37. The Labute approximate surface area is 198 Å². The van der Waals surface area contributed by atoms with E-state index in [2.05, 4.69) is 44.5 Å². The van der Waals surface area contributed by atoms with Crippen LogP contribution in [-0.2, 0) is 4.79 Å². The van der Waals surface area contributed by atoms with Crippen molar-refractivity contribution < 1.29 is 4.79 Å². The molecule has 0 spiro atoms. The molecule has 0 radical (unpaired) electrons. The Balaban J connectivity index is 1.37. The van der Waals surface area contributed by atoms with Crippen LogP contribution >= 0.6 is 23.1 Å². The monoisotopic (exact) mass is 472 g/mol. The van der Waals surface area contributed by atoms with Gasteiger partial charge in [0.15, 0.2) is 16.1 Å². The molecule has 0 bridgehead atoms. The molecule has 5 rings (SSSR count). The van der Waals surface area contributed by atoms with Gasteiger partial charge in [0.05, 0.1) is 16.0 Å². The Hall–Kier alpha value is -3.56. The molecule has 7 nitrogen and oxygen atoms in total. The summed E-state index contributed by atoms with van der Waals surface area (Å²) in [5, 5.41) is 12.9. The predicted octanol–water partition coefficient (Wildman–Crippen LogP) is 5.29. The molecule has 33 heavy (non-hydrogen) atoms. The smallest absolute Gasteiger partial charge is 0.236 e. The van der Waals surface area contributed by atoms with E-state index in [9.17, 15) is 4.79 Å². The maximum atomic E-state index is 12.7. The second-order valence-corrected chi connectivity index (χ2v) is 9.48. The summed E-state index contributed by atoms with van der Waals surface area (Å²) in [6.45, 7) is 4.09. The van der Waals surface area contributed by atoms with Gasteiger partial charge in [0.25, 0.3) is 0 Å². The average molecular weight is 473 g/mol. The number of thiazole rings is 1. The average Bonchev–Trinajstić information content (AvgIpc) is 3.43. The molecule has 0 saturated carbocycles. The molecule has 0 fully saturated rings. The first-order valence-corrected chi connectivity index (χ1v) is 12.1. The van der Waals surface area contributed by atoms with Crippen LogP contribution in [0.3, 0.4) is 0 Å². The van der Waals surface area contributed by atoms with E-state index in [4.69, 9.17) is 0 Å². The molecule has 0 atom stereocenters. The van der Waals surface area contributed by atoms with Crippen molar-refractivity contribution in [3.8, 4) is 17.1 Å². The first-order chi connectivity index (χ1) is 16.1. The standard InChI is InChI=1S/C24H20N6OS2/c1-15-11-16(2)21-19(12-15)33-23(27-21)26-20(31)14-32-24-29-28-22(17-7-6-10-25-13-17)30(24)18-8-4-3-5-9-18/h3-13H,14H2,1-2H3,(H,26,27,31). The van der Waals surface area contributed by atoms with Crippen LogP contribution in [0.1, 0.15) is 11.1 Å². The van der Waals surface area contributed by atoms with Gasteiger partial charge in [0.1, 0.15) is 0 Å². The predicted molar refractivity (Wildman–Crippen MR) is 133 cm³/mol. The molecule has 0 aliphatic carbocycles. The van der Waals surface area contributed by atoms with Gasteiger partial charge < -0.3 is 5.32 Å². The van der Waals surface area contributed by atoms with Crippen LogP contribution in [0.5, 0.6) is 0 Å². The van der Waals surface area contributed by atoms with Gasteiger partial charge in [0, 0.05) is 23.6 Å². The van der Waals surface area contributed by atoms with Crippen LogP contribution < -0.4 is 5.32 Å². The van der Waals surface area contributed by atoms with Crippen molar-refractivity contribution in [2.24, 2.45) is 0 Å². The van der Waals surface area contributed by atoms with Gasteiger partial charge >= 0.3 is 0 Å². The number of carbonyl (C=O) groups excluding carboxylic acids is 1. The van der Waals surface area contributed by atoms with Gasteiger partial charge in [-0.3, -0.25) is 14.3 Å². The molecular formula is C24H20N6OS2. The van der Waals surface area contributed by atoms with Crippen LogP contribution in [0.2, 0.25) is 0 Å². The summed E-state index contributed by atoms with van der Waals surface area (Å²) in [6.07, 6.45) is 3.47. The number of hydrogen-bond acceptors (Lipinski definition) is 7. The molecule has 0 saturated heterocycles. The zero-order valence-corrected chi connectivity index (χ0v) is 19.7. The third-order valence-corrected chi connectivity index (χ3v) is 6.82. The van der Waals surface area contributed by atoms with Crippen LogP contribution in [0.25, 0.3) is 27.3 Å². The number of carbonyl (C=O) groups is 1. The Kier molecular flexibility index (Phi) is 5.89.